The number of methoxy groups -OCH3 is 1. The molecule has 0 aromatic heterocycles. The number of benzene rings is 3. The largest absolute Gasteiger partial charge is 0.497 e. The number of nitro groups is 1. The zero-order chi connectivity index (χ0) is 21.7. The molecule has 0 aliphatic carbocycles. The molecule has 1 amide bonds. The lowest BCUT2D eigenvalue weighted by molar-refractivity contribution is -0.384. The lowest BCUT2D eigenvalue weighted by Crippen LogP contribution is -2.16. The number of hydrogen-bond donors (Lipinski definition) is 2. The Labute approximate surface area is 172 Å². The Morgan fingerprint density at radius 1 is 0.967 bits per heavy atom. The molecule has 2 N–H and O–H groups in total. The van der Waals surface area contributed by atoms with Crippen molar-refractivity contribution in [3.8, 4) is 5.75 Å². The summed E-state index contributed by atoms with van der Waals surface area (Å²) in [5, 5.41) is 13.4. The van der Waals surface area contributed by atoms with E-state index in [0.717, 1.165) is 0 Å². The Hall–Kier alpha value is -3.92. The van der Waals surface area contributed by atoms with Crippen molar-refractivity contribution in [1.82, 2.24) is 0 Å². The van der Waals surface area contributed by atoms with Gasteiger partial charge in [0, 0.05) is 29.1 Å². The molecule has 0 saturated carbocycles. The quantitative estimate of drug-likeness (QED) is 0.437. The highest BCUT2D eigenvalue weighted by Crippen LogP contribution is 2.21. The lowest BCUT2D eigenvalue weighted by atomic mass is 10.2. The fourth-order valence-corrected chi connectivity index (χ4v) is 3.68. The molecule has 10 heteroatoms. The van der Waals surface area contributed by atoms with E-state index < -0.39 is 20.9 Å². The number of non-ortho nitro benzene ring substituents is 1. The molecule has 0 bridgehead atoms. The zero-order valence-electron chi connectivity index (χ0n) is 15.7. The SMILES string of the molecule is COc1ccc(NS(=O)(=O)c2cccc(C(=O)Nc3cccc([N+](=O)[O-])c3)c2)cc1. The van der Waals surface area contributed by atoms with Gasteiger partial charge in [-0.1, -0.05) is 12.1 Å². The Bertz CT molecular complexity index is 1190. The molecule has 0 aliphatic heterocycles. The van der Waals surface area contributed by atoms with Crippen molar-refractivity contribution in [2.24, 2.45) is 0 Å². The third-order valence-electron chi connectivity index (χ3n) is 4.06. The van der Waals surface area contributed by atoms with Crippen molar-refractivity contribution in [3.63, 3.8) is 0 Å². The zero-order valence-corrected chi connectivity index (χ0v) is 16.5. The number of ether oxygens (including phenoxy) is 1. The third kappa shape index (κ3) is 4.92. The summed E-state index contributed by atoms with van der Waals surface area (Å²) in [6.07, 6.45) is 0. The topological polar surface area (TPSA) is 128 Å². The van der Waals surface area contributed by atoms with E-state index in [1.165, 1.54) is 55.6 Å². The van der Waals surface area contributed by atoms with E-state index in [4.69, 9.17) is 4.74 Å². The van der Waals surface area contributed by atoms with Crippen LogP contribution in [-0.4, -0.2) is 26.4 Å². The number of nitro benzene ring substituents is 1. The van der Waals surface area contributed by atoms with Gasteiger partial charge < -0.3 is 10.1 Å². The van der Waals surface area contributed by atoms with E-state index in [0.29, 0.717) is 11.4 Å². The van der Waals surface area contributed by atoms with E-state index >= 15 is 0 Å². The molecular weight excluding hydrogens is 410 g/mol. The third-order valence-corrected chi connectivity index (χ3v) is 5.44. The molecule has 0 aliphatic rings. The van der Waals surface area contributed by atoms with E-state index in [9.17, 15) is 23.3 Å². The first-order chi connectivity index (χ1) is 14.3. The van der Waals surface area contributed by atoms with Gasteiger partial charge >= 0.3 is 0 Å². The molecule has 0 atom stereocenters. The highest BCUT2D eigenvalue weighted by atomic mass is 32.2. The van der Waals surface area contributed by atoms with Gasteiger partial charge in [-0.2, -0.15) is 0 Å². The predicted molar refractivity (Wildman–Crippen MR) is 111 cm³/mol. The molecule has 3 aromatic carbocycles. The molecule has 3 rings (SSSR count). The fraction of sp³-hybridized carbons (Fsp3) is 0.0500. The highest BCUT2D eigenvalue weighted by molar-refractivity contribution is 7.92. The van der Waals surface area contributed by atoms with E-state index in [-0.39, 0.29) is 21.8 Å². The molecule has 154 valence electrons. The maximum absolute atomic E-state index is 12.7. The average molecular weight is 427 g/mol. The summed E-state index contributed by atoms with van der Waals surface area (Å²) in [7, 11) is -2.44. The smallest absolute Gasteiger partial charge is 0.271 e. The Morgan fingerprint density at radius 2 is 1.67 bits per heavy atom. The van der Waals surface area contributed by atoms with Crippen LogP contribution in [0.15, 0.2) is 77.7 Å². The summed E-state index contributed by atoms with van der Waals surface area (Å²) < 4.78 is 32.8. The van der Waals surface area contributed by atoms with Crippen LogP contribution in [0.5, 0.6) is 5.75 Å². The van der Waals surface area contributed by atoms with E-state index in [1.54, 1.807) is 24.3 Å². The molecule has 0 saturated heterocycles. The first-order valence-electron chi connectivity index (χ1n) is 8.61. The van der Waals surface area contributed by atoms with Crippen LogP contribution in [0.2, 0.25) is 0 Å². The van der Waals surface area contributed by atoms with Crippen molar-refractivity contribution in [2.75, 3.05) is 17.1 Å². The minimum atomic E-state index is -3.94. The van der Waals surface area contributed by atoms with Crippen LogP contribution in [-0.2, 0) is 10.0 Å². The van der Waals surface area contributed by atoms with Crippen LogP contribution in [0.4, 0.5) is 17.1 Å². The maximum Gasteiger partial charge on any atom is 0.271 e. The summed E-state index contributed by atoms with van der Waals surface area (Å²) in [5.41, 5.74) is 0.466. The minimum Gasteiger partial charge on any atom is -0.497 e. The van der Waals surface area contributed by atoms with Crippen LogP contribution >= 0.6 is 0 Å². The first kappa shape index (κ1) is 20.8. The van der Waals surface area contributed by atoms with Crippen molar-refractivity contribution < 1.29 is 22.9 Å². The van der Waals surface area contributed by atoms with Crippen LogP contribution in [0.3, 0.4) is 0 Å². The molecule has 0 unspecified atom stereocenters. The normalized spacial score (nSPS) is 10.8. The second-order valence-electron chi connectivity index (χ2n) is 6.12. The van der Waals surface area contributed by atoms with Gasteiger partial charge in [0.25, 0.3) is 21.6 Å². The molecule has 3 aromatic rings. The Kier molecular flexibility index (Phi) is 5.98. The summed E-state index contributed by atoms with van der Waals surface area (Å²) in [5.74, 6) is -0.0187. The van der Waals surface area contributed by atoms with Crippen LogP contribution < -0.4 is 14.8 Å². The van der Waals surface area contributed by atoms with Gasteiger partial charge in [-0.15, -0.1) is 0 Å². The van der Waals surface area contributed by atoms with Gasteiger partial charge in [0.05, 0.1) is 16.9 Å². The minimum absolute atomic E-state index is 0.0825. The van der Waals surface area contributed by atoms with Crippen molar-refractivity contribution >= 4 is 33.0 Å². The summed E-state index contributed by atoms with van der Waals surface area (Å²) in [6, 6.07) is 17.2. The lowest BCUT2D eigenvalue weighted by Gasteiger charge is -2.10. The fourth-order valence-electron chi connectivity index (χ4n) is 2.58. The highest BCUT2D eigenvalue weighted by Gasteiger charge is 2.17. The number of carbonyl (C=O) groups is 1. The first-order valence-corrected chi connectivity index (χ1v) is 10.1. The molecule has 30 heavy (non-hydrogen) atoms. The van der Waals surface area contributed by atoms with Crippen molar-refractivity contribution in [1.29, 1.82) is 0 Å². The Morgan fingerprint density at radius 3 is 2.33 bits per heavy atom. The van der Waals surface area contributed by atoms with Gasteiger partial charge in [-0.25, -0.2) is 8.42 Å². The second-order valence-corrected chi connectivity index (χ2v) is 7.81. The van der Waals surface area contributed by atoms with Crippen molar-refractivity contribution in [2.45, 2.75) is 4.90 Å². The van der Waals surface area contributed by atoms with Crippen molar-refractivity contribution in [3.05, 3.63) is 88.5 Å². The van der Waals surface area contributed by atoms with Gasteiger partial charge in [0.2, 0.25) is 0 Å². The number of sulfonamides is 1. The molecule has 0 spiro atoms. The number of nitrogens with zero attached hydrogens (tertiary/aromatic N) is 1. The van der Waals surface area contributed by atoms with Crippen LogP contribution in [0.1, 0.15) is 10.4 Å². The summed E-state index contributed by atoms with van der Waals surface area (Å²) in [4.78, 5) is 22.7. The summed E-state index contributed by atoms with van der Waals surface area (Å²) in [6.45, 7) is 0. The maximum atomic E-state index is 12.7. The summed E-state index contributed by atoms with van der Waals surface area (Å²) >= 11 is 0. The predicted octanol–water partition coefficient (Wildman–Crippen LogP) is 3.66. The van der Waals surface area contributed by atoms with Gasteiger partial charge in [0.15, 0.2) is 0 Å². The molecule has 9 nitrogen and oxygen atoms in total. The monoisotopic (exact) mass is 427 g/mol. The second kappa shape index (κ2) is 8.62. The number of amides is 1. The molecule has 0 fully saturated rings. The molecule has 0 radical (unpaired) electrons. The van der Waals surface area contributed by atoms with Gasteiger partial charge in [-0.3, -0.25) is 19.6 Å². The molecule has 0 heterocycles. The van der Waals surface area contributed by atoms with Crippen LogP contribution in [0.25, 0.3) is 0 Å². The van der Waals surface area contributed by atoms with Gasteiger partial charge in [0.1, 0.15) is 5.75 Å². The standard InChI is InChI=1S/C20H17N3O6S/c1-29-18-10-8-15(9-11-18)22-30(27,28)19-7-2-4-14(12-19)20(24)21-16-5-3-6-17(13-16)23(25)26/h2-13,22H,1H3,(H,21,24). The van der Waals surface area contributed by atoms with E-state index in [2.05, 4.69) is 10.0 Å². The van der Waals surface area contributed by atoms with E-state index in [1.807, 2.05) is 0 Å². The molecular formula is C20H17N3O6S. The number of nitrogens with one attached hydrogen (secondary N) is 2. The average Bonchev–Trinajstić information content (AvgIpc) is 2.74. The number of anilines is 2. The van der Waals surface area contributed by atoms with Gasteiger partial charge in [-0.05, 0) is 48.5 Å². The number of carbonyl (C=O) groups excluding carboxylic acids is 1. The van der Waals surface area contributed by atoms with Crippen LogP contribution in [0, 0.1) is 10.1 Å². The number of hydrogen-bond acceptors (Lipinski definition) is 6. The number of rotatable bonds is 7. The Balaban J connectivity index is 1.79.